The highest BCUT2D eigenvalue weighted by molar-refractivity contribution is 6.35. The van der Waals surface area contributed by atoms with Crippen molar-refractivity contribution in [3.8, 4) is 5.75 Å². The van der Waals surface area contributed by atoms with Crippen molar-refractivity contribution in [3.63, 3.8) is 0 Å². The monoisotopic (exact) mass is 309 g/mol. The Labute approximate surface area is 129 Å². The number of ether oxygens (including phenoxy) is 1. The van der Waals surface area contributed by atoms with Crippen LogP contribution in [0.3, 0.4) is 0 Å². The molecule has 0 aromatic heterocycles. The average Bonchev–Trinajstić information content (AvgIpc) is 2.45. The Morgan fingerprint density at radius 2 is 1.85 bits per heavy atom. The van der Waals surface area contributed by atoms with Crippen molar-refractivity contribution in [2.45, 2.75) is 19.5 Å². The van der Waals surface area contributed by atoms with E-state index in [0.29, 0.717) is 22.3 Å². The highest BCUT2D eigenvalue weighted by atomic mass is 35.5. The number of nitrogens with one attached hydrogen (secondary N) is 1. The molecule has 0 aliphatic carbocycles. The highest BCUT2D eigenvalue weighted by Crippen LogP contribution is 2.32. The van der Waals surface area contributed by atoms with Crippen LogP contribution in [-0.2, 0) is 6.54 Å². The van der Waals surface area contributed by atoms with Gasteiger partial charge in [-0.2, -0.15) is 0 Å². The Hall–Kier alpha value is -1.22. The molecule has 2 aromatic carbocycles. The fourth-order valence-electron chi connectivity index (χ4n) is 2.10. The van der Waals surface area contributed by atoms with Crippen LogP contribution >= 0.6 is 23.2 Å². The molecular weight excluding hydrogens is 293 g/mol. The van der Waals surface area contributed by atoms with Gasteiger partial charge in [0.1, 0.15) is 5.75 Å². The summed E-state index contributed by atoms with van der Waals surface area (Å²) in [7, 11) is 1.61. The van der Waals surface area contributed by atoms with Gasteiger partial charge in [-0.05, 0) is 24.6 Å². The maximum absolute atomic E-state index is 6.13. The molecule has 106 valence electrons. The molecule has 0 amide bonds. The molecular formula is C16H17Cl2NO. The Morgan fingerprint density at radius 1 is 1.15 bits per heavy atom. The van der Waals surface area contributed by atoms with E-state index in [4.69, 9.17) is 27.9 Å². The van der Waals surface area contributed by atoms with Crippen molar-refractivity contribution in [3.05, 3.63) is 63.6 Å². The first kappa shape index (κ1) is 15.2. The van der Waals surface area contributed by atoms with Gasteiger partial charge in [-0.1, -0.05) is 53.5 Å². The second-order valence-corrected chi connectivity index (χ2v) is 5.44. The van der Waals surface area contributed by atoms with E-state index in [2.05, 4.69) is 24.4 Å². The molecule has 0 saturated carbocycles. The number of halogens is 2. The molecule has 1 N–H and O–H groups in total. The van der Waals surface area contributed by atoms with Gasteiger partial charge in [-0.25, -0.2) is 0 Å². The van der Waals surface area contributed by atoms with Crippen LogP contribution in [0.1, 0.15) is 24.1 Å². The van der Waals surface area contributed by atoms with E-state index in [9.17, 15) is 0 Å². The van der Waals surface area contributed by atoms with Crippen molar-refractivity contribution in [1.82, 2.24) is 5.32 Å². The van der Waals surface area contributed by atoms with Crippen LogP contribution < -0.4 is 10.1 Å². The summed E-state index contributed by atoms with van der Waals surface area (Å²) in [6, 6.07) is 14.1. The summed E-state index contributed by atoms with van der Waals surface area (Å²) in [5.74, 6) is 0.670. The van der Waals surface area contributed by atoms with Crippen LogP contribution in [0, 0.1) is 0 Å². The summed E-state index contributed by atoms with van der Waals surface area (Å²) in [4.78, 5) is 0. The summed E-state index contributed by atoms with van der Waals surface area (Å²) in [5.41, 5.74) is 2.19. The van der Waals surface area contributed by atoms with Crippen LogP contribution in [0.5, 0.6) is 5.75 Å². The first-order valence-electron chi connectivity index (χ1n) is 6.42. The van der Waals surface area contributed by atoms with Gasteiger partial charge in [0.25, 0.3) is 0 Å². The van der Waals surface area contributed by atoms with Gasteiger partial charge >= 0.3 is 0 Å². The molecule has 2 rings (SSSR count). The summed E-state index contributed by atoms with van der Waals surface area (Å²) in [6.45, 7) is 2.76. The zero-order chi connectivity index (χ0) is 14.5. The van der Waals surface area contributed by atoms with Crippen molar-refractivity contribution in [2.75, 3.05) is 7.11 Å². The largest absolute Gasteiger partial charge is 0.495 e. The third-order valence-electron chi connectivity index (χ3n) is 3.19. The van der Waals surface area contributed by atoms with Gasteiger partial charge in [-0.3, -0.25) is 0 Å². The number of hydrogen-bond donors (Lipinski definition) is 1. The molecule has 20 heavy (non-hydrogen) atoms. The molecule has 0 saturated heterocycles. The van der Waals surface area contributed by atoms with E-state index in [1.54, 1.807) is 13.2 Å². The van der Waals surface area contributed by atoms with Crippen LogP contribution in [0.25, 0.3) is 0 Å². The van der Waals surface area contributed by atoms with Crippen molar-refractivity contribution in [1.29, 1.82) is 0 Å². The Balaban J connectivity index is 2.11. The Bertz CT molecular complexity index is 572. The molecule has 0 aliphatic rings. The van der Waals surface area contributed by atoms with Gasteiger partial charge in [-0.15, -0.1) is 0 Å². The molecule has 4 heteroatoms. The lowest BCUT2D eigenvalue weighted by atomic mass is 10.1. The zero-order valence-corrected chi connectivity index (χ0v) is 13.0. The zero-order valence-electron chi connectivity index (χ0n) is 11.5. The van der Waals surface area contributed by atoms with Crippen LogP contribution in [0.2, 0.25) is 10.0 Å². The van der Waals surface area contributed by atoms with E-state index < -0.39 is 0 Å². The van der Waals surface area contributed by atoms with Gasteiger partial charge in [0, 0.05) is 23.2 Å². The Morgan fingerprint density at radius 3 is 2.50 bits per heavy atom. The molecule has 2 aromatic rings. The second kappa shape index (κ2) is 6.98. The summed E-state index contributed by atoms with van der Waals surface area (Å²) < 4.78 is 5.34. The van der Waals surface area contributed by atoms with Crippen molar-refractivity contribution in [2.24, 2.45) is 0 Å². The molecule has 0 bridgehead atoms. The minimum atomic E-state index is 0.235. The lowest BCUT2D eigenvalue weighted by Gasteiger charge is -2.16. The third kappa shape index (κ3) is 3.66. The van der Waals surface area contributed by atoms with Crippen molar-refractivity contribution >= 4 is 23.2 Å². The standard InChI is InChI=1S/C16H17Cl2NO/c1-11(12-6-4-3-5-7-12)19-10-13-8-14(17)9-15(18)16(13)20-2/h3-9,11,19H,10H2,1-2H3/t11-/m0/s1. The first-order valence-corrected chi connectivity index (χ1v) is 7.17. The normalized spacial score (nSPS) is 12.2. The van der Waals surface area contributed by atoms with Crippen LogP contribution in [0.15, 0.2) is 42.5 Å². The van der Waals surface area contributed by atoms with Crippen LogP contribution in [0.4, 0.5) is 0 Å². The predicted octanol–water partition coefficient (Wildman–Crippen LogP) is 4.85. The Kier molecular flexibility index (Phi) is 5.30. The summed E-state index contributed by atoms with van der Waals surface area (Å²) in [5, 5.41) is 4.59. The highest BCUT2D eigenvalue weighted by Gasteiger charge is 2.11. The van der Waals surface area contributed by atoms with Crippen molar-refractivity contribution < 1.29 is 4.74 Å². The fraction of sp³-hybridized carbons (Fsp3) is 0.250. The molecule has 0 heterocycles. The third-order valence-corrected chi connectivity index (χ3v) is 3.69. The molecule has 0 radical (unpaired) electrons. The first-order chi connectivity index (χ1) is 9.61. The molecule has 0 unspecified atom stereocenters. The minimum Gasteiger partial charge on any atom is -0.495 e. The van der Waals surface area contributed by atoms with E-state index in [1.807, 2.05) is 24.3 Å². The number of hydrogen-bond acceptors (Lipinski definition) is 2. The van der Waals surface area contributed by atoms with Gasteiger partial charge < -0.3 is 10.1 Å². The SMILES string of the molecule is COc1c(Cl)cc(Cl)cc1CN[C@@H](C)c1ccccc1. The fourth-order valence-corrected chi connectivity index (χ4v) is 2.71. The molecule has 0 spiro atoms. The lowest BCUT2D eigenvalue weighted by molar-refractivity contribution is 0.406. The van der Waals surface area contributed by atoms with E-state index in [0.717, 1.165) is 5.56 Å². The van der Waals surface area contributed by atoms with Gasteiger partial charge in [0.2, 0.25) is 0 Å². The second-order valence-electron chi connectivity index (χ2n) is 4.59. The maximum atomic E-state index is 6.13. The van der Waals surface area contributed by atoms with Crippen LogP contribution in [-0.4, -0.2) is 7.11 Å². The minimum absolute atomic E-state index is 0.235. The number of rotatable bonds is 5. The quantitative estimate of drug-likeness (QED) is 0.852. The molecule has 0 aliphatic heterocycles. The topological polar surface area (TPSA) is 21.3 Å². The average molecular weight is 310 g/mol. The molecule has 1 atom stereocenters. The smallest absolute Gasteiger partial charge is 0.142 e. The van der Waals surface area contributed by atoms with E-state index >= 15 is 0 Å². The predicted molar refractivity (Wildman–Crippen MR) is 84.7 cm³/mol. The number of benzene rings is 2. The van der Waals surface area contributed by atoms with Gasteiger partial charge in [0.05, 0.1) is 12.1 Å². The van der Waals surface area contributed by atoms with E-state index in [-0.39, 0.29) is 6.04 Å². The maximum Gasteiger partial charge on any atom is 0.142 e. The van der Waals surface area contributed by atoms with Gasteiger partial charge in [0.15, 0.2) is 0 Å². The number of methoxy groups -OCH3 is 1. The summed E-state index contributed by atoms with van der Waals surface area (Å²) >= 11 is 12.2. The summed E-state index contributed by atoms with van der Waals surface area (Å²) in [6.07, 6.45) is 0. The lowest BCUT2D eigenvalue weighted by Crippen LogP contribution is -2.18. The molecule has 0 fully saturated rings. The molecule has 2 nitrogen and oxygen atoms in total. The van der Waals surface area contributed by atoms with E-state index in [1.165, 1.54) is 5.56 Å².